The van der Waals surface area contributed by atoms with Gasteiger partial charge in [-0.3, -0.25) is 9.78 Å². The van der Waals surface area contributed by atoms with Gasteiger partial charge >= 0.3 is 0 Å². The Morgan fingerprint density at radius 2 is 2.00 bits per heavy atom. The van der Waals surface area contributed by atoms with Gasteiger partial charge < -0.3 is 15.2 Å². The first-order chi connectivity index (χ1) is 12.6. The van der Waals surface area contributed by atoms with E-state index in [1.54, 1.807) is 0 Å². The van der Waals surface area contributed by atoms with Crippen molar-refractivity contribution in [3.63, 3.8) is 0 Å². The number of carbonyl (C=O) groups excluding carboxylic acids is 1. The average molecular weight is 353 g/mol. The van der Waals surface area contributed by atoms with E-state index >= 15 is 0 Å². The van der Waals surface area contributed by atoms with Crippen LogP contribution in [-0.4, -0.2) is 59.1 Å². The van der Waals surface area contributed by atoms with E-state index in [9.17, 15) is 4.79 Å². The molecule has 6 heteroatoms. The number of nitrogens with one attached hydrogen (secondary N) is 1. The van der Waals surface area contributed by atoms with Crippen LogP contribution in [0.25, 0.3) is 6.08 Å². The number of carbonyl (C=O) groups is 1. The highest BCUT2D eigenvalue weighted by molar-refractivity contribution is 6.39. The normalized spacial score (nSPS) is 24.4. The highest BCUT2D eigenvalue weighted by Gasteiger charge is 2.28. The van der Waals surface area contributed by atoms with Crippen LogP contribution in [0.2, 0.25) is 0 Å². The molecular formula is C20H27N5O. The van der Waals surface area contributed by atoms with E-state index in [1.807, 2.05) is 6.20 Å². The average Bonchev–Trinajstić information content (AvgIpc) is 2.69. The van der Waals surface area contributed by atoms with E-state index in [0.29, 0.717) is 24.5 Å². The van der Waals surface area contributed by atoms with Gasteiger partial charge in [-0.15, -0.1) is 0 Å². The molecule has 1 atom stereocenters. The van der Waals surface area contributed by atoms with Crippen molar-refractivity contribution in [3.8, 4) is 0 Å². The molecule has 4 rings (SSSR count). The monoisotopic (exact) mass is 353 g/mol. The molecule has 26 heavy (non-hydrogen) atoms. The third-order valence-corrected chi connectivity index (χ3v) is 6.01. The van der Waals surface area contributed by atoms with Crippen molar-refractivity contribution < 1.29 is 4.79 Å². The number of likely N-dealkylation sites (N-methyl/N-ethyl adjacent to an activating group) is 1. The summed E-state index contributed by atoms with van der Waals surface area (Å²) in [6.07, 6.45) is 7.97. The highest BCUT2D eigenvalue weighted by Crippen LogP contribution is 2.34. The molecule has 0 radical (unpaired) electrons. The number of hydrogen-bond acceptors (Lipinski definition) is 6. The molecule has 138 valence electrons. The molecule has 1 aromatic rings. The molecule has 1 unspecified atom stereocenters. The van der Waals surface area contributed by atoms with Crippen LogP contribution < -0.4 is 4.90 Å². The van der Waals surface area contributed by atoms with Gasteiger partial charge in [0.25, 0.3) is 0 Å². The lowest BCUT2D eigenvalue weighted by Gasteiger charge is -2.35. The van der Waals surface area contributed by atoms with Gasteiger partial charge in [-0.2, -0.15) is 0 Å². The Labute approximate surface area is 154 Å². The van der Waals surface area contributed by atoms with Crippen molar-refractivity contribution in [1.29, 1.82) is 5.41 Å². The molecule has 1 saturated heterocycles. The van der Waals surface area contributed by atoms with Crippen LogP contribution in [-0.2, 0) is 11.2 Å². The van der Waals surface area contributed by atoms with Gasteiger partial charge in [0, 0.05) is 32.6 Å². The summed E-state index contributed by atoms with van der Waals surface area (Å²) >= 11 is 0. The minimum Gasteiger partial charge on any atom is -0.353 e. The van der Waals surface area contributed by atoms with Crippen LogP contribution in [0.4, 0.5) is 5.82 Å². The lowest BCUT2D eigenvalue weighted by Crippen LogP contribution is -2.46. The SMILES string of the molecule is CCN1CCN(c2cnc3c(n2)C=C(C2CCC(=O)C(=N)C2)CC3)CC1. The molecule has 2 aliphatic carbocycles. The first-order valence-corrected chi connectivity index (χ1v) is 9.78. The van der Waals surface area contributed by atoms with E-state index in [1.165, 1.54) is 5.57 Å². The maximum Gasteiger partial charge on any atom is 0.176 e. The molecular weight excluding hydrogens is 326 g/mol. The number of allylic oxidation sites excluding steroid dienone is 1. The molecule has 1 aromatic heterocycles. The van der Waals surface area contributed by atoms with E-state index in [0.717, 1.165) is 69.2 Å². The van der Waals surface area contributed by atoms with Gasteiger partial charge in [-0.25, -0.2) is 4.98 Å². The summed E-state index contributed by atoms with van der Waals surface area (Å²) in [6.45, 7) is 7.47. The molecule has 6 nitrogen and oxygen atoms in total. The number of Topliss-reactive ketones (excluding diaryl/α,β-unsaturated/α-hetero) is 1. The molecule has 3 aliphatic rings. The summed E-state index contributed by atoms with van der Waals surface area (Å²) in [7, 11) is 0. The molecule has 1 saturated carbocycles. The Morgan fingerprint density at radius 1 is 1.19 bits per heavy atom. The largest absolute Gasteiger partial charge is 0.353 e. The lowest BCUT2D eigenvalue weighted by atomic mass is 9.78. The fraction of sp³-hybridized carbons (Fsp3) is 0.600. The van der Waals surface area contributed by atoms with Crippen LogP contribution >= 0.6 is 0 Å². The van der Waals surface area contributed by atoms with E-state index in [-0.39, 0.29) is 5.78 Å². The molecule has 0 bridgehead atoms. The number of aromatic nitrogens is 2. The number of nitrogens with zero attached hydrogens (tertiary/aromatic N) is 4. The van der Waals surface area contributed by atoms with Crippen LogP contribution in [0.1, 0.15) is 44.0 Å². The van der Waals surface area contributed by atoms with E-state index in [2.05, 4.69) is 27.8 Å². The van der Waals surface area contributed by atoms with Crippen LogP contribution in [0.3, 0.4) is 0 Å². The smallest absolute Gasteiger partial charge is 0.176 e. The number of rotatable bonds is 3. The fourth-order valence-corrected chi connectivity index (χ4v) is 4.24. The van der Waals surface area contributed by atoms with E-state index in [4.69, 9.17) is 10.4 Å². The quantitative estimate of drug-likeness (QED) is 0.903. The Bertz CT molecular complexity index is 749. The first kappa shape index (κ1) is 17.3. The van der Waals surface area contributed by atoms with Crippen molar-refractivity contribution in [1.82, 2.24) is 14.9 Å². The number of fused-ring (bicyclic) bond motifs is 1. The second-order valence-corrected chi connectivity index (χ2v) is 7.54. The summed E-state index contributed by atoms with van der Waals surface area (Å²) < 4.78 is 0. The van der Waals surface area contributed by atoms with Gasteiger partial charge in [0.2, 0.25) is 0 Å². The molecule has 0 amide bonds. The van der Waals surface area contributed by atoms with Gasteiger partial charge in [0.05, 0.1) is 23.3 Å². The molecule has 1 N–H and O–H groups in total. The topological polar surface area (TPSA) is 73.2 Å². The maximum atomic E-state index is 11.6. The summed E-state index contributed by atoms with van der Waals surface area (Å²) in [5.74, 6) is 1.32. The summed E-state index contributed by atoms with van der Waals surface area (Å²) in [4.78, 5) is 26.0. The van der Waals surface area contributed by atoms with Crippen molar-refractivity contribution in [2.75, 3.05) is 37.6 Å². The van der Waals surface area contributed by atoms with Crippen molar-refractivity contribution >= 4 is 23.4 Å². The summed E-state index contributed by atoms with van der Waals surface area (Å²) in [6, 6.07) is 0. The third-order valence-electron chi connectivity index (χ3n) is 6.01. The zero-order valence-corrected chi connectivity index (χ0v) is 15.5. The van der Waals surface area contributed by atoms with Gasteiger partial charge in [0.1, 0.15) is 5.82 Å². The van der Waals surface area contributed by atoms with Crippen molar-refractivity contribution in [3.05, 3.63) is 23.2 Å². The Morgan fingerprint density at radius 3 is 2.73 bits per heavy atom. The Balaban J connectivity index is 1.52. The van der Waals surface area contributed by atoms with Crippen LogP contribution in [0.15, 0.2) is 11.8 Å². The van der Waals surface area contributed by atoms with Crippen LogP contribution in [0.5, 0.6) is 0 Å². The zero-order valence-electron chi connectivity index (χ0n) is 15.5. The molecule has 1 aliphatic heterocycles. The summed E-state index contributed by atoms with van der Waals surface area (Å²) in [5, 5.41) is 7.87. The Hall–Kier alpha value is -2.08. The number of piperazine rings is 1. The predicted octanol–water partition coefficient (Wildman–Crippen LogP) is 2.34. The zero-order chi connectivity index (χ0) is 18.1. The number of hydrogen-bond donors (Lipinski definition) is 1. The second kappa shape index (κ2) is 7.27. The fourth-order valence-electron chi connectivity index (χ4n) is 4.24. The number of ketones is 1. The second-order valence-electron chi connectivity index (χ2n) is 7.54. The number of anilines is 1. The molecule has 0 aromatic carbocycles. The van der Waals surface area contributed by atoms with Crippen molar-refractivity contribution in [2.45, 2.75) is 39.0 Å². The number of aryl methyl sites for hydroxylation is 1. The van der Waals surface area contributed by atoms with Crippen LogP contribution in [0, 0.1) is 11.3 Å². The molecule has 0 spiro atoms. The van der Waals surface area contributed by atoms with Gasteiger partial charge in [0.15, 0.2) is 5.78 Å². The minimum absolute atomic E-state index is 0.0198. The Kier molecular flexibility index (Phi) is 4.85. The highest BCUT2D eigenvalue weighted by atomic mass is 16.1. The predicted molar refractivity (Wildman–Crippen MR) is 103 cm³/mol. The summed E-state index contributed by atoms with van der Waals surface area (Å²) in [5.41, 5.74) is 3.70. The van der Waals surface area contributed by atoms with E-state index < -0.39 is 0 Å². The van der Waals surface area contributed by atoms with Gasteiger partial charge in [-0.05, 0) is 44.2 Å². The minimum atomic E-state index is 0.0198. The molecule has 2 heterocycles. The maximum absolute atomic E-state index is 11.6. The van der Waals surface area contributed by atoms with Crippen molar-refractivity contribution in [2.24, 2.45) is 5.92 Å². The third kappa shape index (κ3) is 3.43. The molecule has 2 fully saturated rings. The first-order valence-electron chi connectivity index (χ1n) is 9.78. The lowest BCUT2D eigenvalue weighted by molar-refractivity contribution is -0.113. The standard InChI is InChI=1S/C20H27N5O/c1-2-24-7-9-25(10-8-24)20-13-22-17-5-3-15(12-18(17)23-20)14-4-6-19(26)16(21)11-14/h12-14,21H,2-11H2,1H3. The van der Waals surface area contributed by atoms with Gasteiger partial charge in [-0.1, -0.05) is 12.5 Å².